The third-order valence-electron chi connectivity index (χ3n) is 5.34. The summed E-state index contributed by atoms with van der Waals surface area (Å²) in [5, 5.41) is 3.41. The van der Waals surface area contributed by atoms with Crippen LogP contribution in [0.4, 0.5) is 8.78 Å². The molecule has 3 rings (SSSR count). The molecule has 1 aliphatic carbocycles. The van der Waals surface area contributed by atoms with Crippen molar-refractivity contribution in [2.75, 3.05) is 6.54 Å². The molecule has 0 spiro atoms. The van der Waals surface area contributed by atoms with Gasteiger partial charge in [0.15, 0.2) is 0 Å². The number of aliphatic imine (C=N–C) groups is 1. The van der Waals surface area contributed by atoms with E-state index in [0.29, 0.717) is 0 Å². The summed E-state index contributed by atoms with van der Waals surface area (Å²) in [4.78, 5) is 12.4. The molecule has 0 aliphatic heterocycles. The zero-order valence-corrected chi connectivity index (χ0v) is 21.3. The number of aromatic amines is 1. The summed E-state index contributed by atoms with van der Waals surface area (Å²) in [6.45, 7) is 13.3. The molecule has 0 unspecified atom stereocenters. The van der Waals surface area contributed by atoms with Gasteiger partial charge in [-0.3, -0.25) is 4.99 Å². The summed E-state index contributed by atoms with van der Waals surface area (Å²) < 4.78 is 22.2. The average Bonchev–Trinajstić information content (AvgIpc) is 3.25. The summed E-state index contributed by atoms with van der Waals surface area (Å²) in [5.41, 5.74) is 9.32. The quantitative estimate of drug-likeness (QED) is 0.298. The lowest BCUT2D eigenvalue weighted by atomic mass is 9.93. The summed E-state index contributed by atoms with van der Waals surface area (Å²) in [6, 6.07) is 2.25. The van der Waals surface area contributed by atoms with Crippen molar-refractivity contribution < 1.29 is 8.78 Å². The largest absolute Gasteiger partial charge is 0.386 e. The Morgan fingerprint density at radius 3 is 2.66 bits per heavy atom. The molecule has 0 bridgehead atoms. The third kappa shape index (κ3) is 8.63. The van der Waals surface area contributed by atoms with Crippen LogP contribution in [0.1, 0.15) is 58.6 Å². The Morgan fingerprint density at radius 1 is 1.29 bits per heavy atom. The first kappa shape index (κ1) is 27.7. The molecule has 0 radical (unpaired) electrons. The minimum Gasteiger partial charge on any atom is -0.386 e. The van der Waals surface area contributed by atoms with Crippen LogP contribution in [0.2, 0.25) is 0 Å². The average molecular weight is 479 g/mol. The molecule has 4 nitrogen and oxygen atoms in total. The van der Waals surface area contributed by atoms with Crippen LogP contribution in [0, 0.1) is 0 Å². The highest BCUT2D eigenvalue weighted by atomic mass is 19.3. The Hall–Kier alpha value is -3.54. The Balaban J connectivity index is 0.000000540. The molecule has 1 aliphatic rings. The Labute approximate surface area is 207 Å². The van der Waals surface area contributed by atoms with Crippen molar-refractivity contribution >= 4 is 27.9 Å². The van der Waals surface area contributed by atoms with E-state index in [0.717, 1.165) is 40.7 Å². The number of fused-ring (bicyclic) bond motifs is 1. The Morgan fingerprint density at radius 2 is 2.06 bits per heavy atom. The van der Waals surface area contributed by atoms with Gasteiger partial charge in [-0.05, 0) is 76.9 Å². The van der Waals surface area contributed by atoms with Crippen molar-refractivity contribution in [3.05, 3.63) is 90.1 Å². The van der Waals surface area contributed by atoms with Crippen LogP contribution in [-0.2, 0) is 0 Å². The van der Waals surface area contributed by atoms with Crippen LogP contribution in [0.15, 0.2) is 84.0 Å². The maximum Gasteiger partial charge on any atom is 0.255 e. The second-order valence-electron chi connectivity index (χ2n) is 8.52. The number of H-pyrrole nitrogens is 1. The SMILES string of the molecule is C/C=C(\C=C/C(C)=NC=C(C)C)c1c[nH]c2ncc(C3=C(C)CCC=C3)cc12.C=CNCC(F)F. The van der Waals surface area contributed by atoms with Crippen molar-refractivity contribution in [3.63, 3.8) is 0 Å². The van der Waals surface area contributed by atoms with Gasteiger partial charge >= 0.3 is 0 Å². The topological polar surface area (TPSA) is 53.1 Å². The van der Waals surface area contributed by atoms with Gasteiger partial charge in [-0.15, -0.1) is 0 Å². The summed E-state index contributed by atoms with van der Waals surface area (Å²) in [5.74, 6) is 0. The van der Waals surface area contributed by atoms with Gasteiger partial charge in [0.05, 0.1) is 6.54 Å². The van der Waals surface area contributed by atoms with Crippen molar-refractivity contribution in [3.8, 4) is 0 Å². The number of pyridine rings is 1. The maximum atomic E-state index is 11.1. The molecular formula is C29H36F2N4. The molecular weight excluding hydrogens is 442 g/mol. The minimum atomic E-state index is -2.28. The molecule has 35 heavy (non-hydrogen) atoms. The third-order valence-corrected chi connectivity index (χ3v) is 5.34. The molecule has 0 fully saturated rings. The minimum absolute atomic E-state index is 0.302. The molecule has 186 valence electrons. The zero-order valence-electron chi connectivity index (χ0n) is 21.3. The maximum absolute atomic E-state index is 11.1. The lowest BCUT2D eigenvalue weighted by Gasteiger charge is -2.12. The Kier molecular flexibility index (Phi) is 11.1. The molecule has 2 aromatic heterocycles. The van der Waals surface area contributed by atoms with E-state index in [2.05, 4.69) is 77.2 Å². The van der Waals surface area contributed by atoms with Gasteiger partial charge in [0.25, 0.3) is 6.43 Å². The fraction of sp³-hybridized carbons (Fsp3) is 0.310. The van der Waals surface area contributed by atoms with Gasteiger partial charge in [0.2, 0.25) is 0 Å². The van der Waals surface area contributed by atoms with E-state index < -0.39 is 6.43 Å². The molecule has 0 atom stereocenters. The van der Waals surface area contributed by atoms with Crippen LogP contribution >= 0.6 is 0 Å². The van der Waals surface area contributed by atoms with E-state index in [1.165, 1.54) is 28.5 Å². The fourth-order valence-corrected chi connectivity index (χ4v) is 3.51. The number of hydrogen-bond acceptors (Lipinski definition) is 3. The Bertz CT molecular complexity index is 1190. The fourth-order valence-electron chi connectivity index (χ4n) is 3.51. The first-order chi connectivity index (χ1) is 16.8. The number of halogens is 2. The van der Waals surface area contributed by atoms with Gasteiger partial charge in [0.1, 0.15) is 5.65 Å². The number of alkyl halides is 2. The summed E-state index contributed by atoms with van der Waals surface area (Å²) in [7, 11) is 0. The highest BCUT2D eigenvalue weighted by molar-refractivity contribution is 5.99. The highest BCUT2D eigenvalue weighted by Gasteiger charge is 2.12. The van der Waals surface area contributed by atoms with E-state index in [1.54, 1.807) is 0 Å². The molecule has 6 heteroatoms. The predicted molar refractivity (Wildman–Crippen MR) is 147 cm³/mol. The standard InChI is InChI=1S/C25H29N3.C4H7F2N/c1-6-20(12-11-19(5)26-14-17(2)3)24-16-28-25-23(24)13-21(15-27-25)22-10-8-7-9-18(22)4;1-2-7-3-4(5)6/h6,8,10-16H,7,9H2,1-5H3,(H,27,28);2,4,7H,1,3H2/b12-11-,20-6+,26-19?;. The van der Waals surface area contributed by atoms with Gasteiger partial charge in [-0.2, -0.15) is 0 Å². The number of hydrogen-bond donors (Lipinski definition) is 2. The van der Waals surface area contributed by atoms with E-state index in [-0.39, 0.29) is 6.54 Å². The zero-order chi connectivity index (χ0) is 25.8. The second-order valence-corrected chi connectivity index (χ2v) is 8.52. The van der Waals surface area contributed by atoms with Gasteiger partial charge in [0, 0.05) is 40.8 Å². The molecule has 2 heterocycles. The lowest BCUT2D eigenvalue weighted by molar-refractivity contribution is 0.151. The molecule has 0 saturated heterocycles. The van der Waals surface area contributed by atoms with Gasteiger partial charge in [-0.25, -0.2) is 13.8 Å². The van der Waals surface area contributed by atoms with E-state index in [9.17, 15) is 8.78 Å². The number of nitrogens with zero attached hydrogens (tertiary/aromatic N) is 2. The summed E-state index contributed by atoms with van der Waals surface area (Å²) in [6.07, 6.45) is 17.9. The van der Waals surface area contributed by atoms with E-state index >= 15 is 0 Å². The number of allylic oxidation sites excluding steroid dienone is 9. The van der Waals surface area contributed by atoms with Crippen LogP contribution in [0.25, 0.3) is 22.2 Å². The first-order valence-corrected chi connectivity index (χ1v) is 11.8. The number of aromatic nitrogens is 2. The molecule has 0 aromatic carbocycles. The summed E-state index contributed by atoms with van der Waals surface area (Å²) >= 11 is 0. The van der Waals surface area contributed by atoms with Crippen molar-refractivity contribution in [1.29, 1.82) is 0 Å². The van der Waals surface area contributed by atoms with E-state index in [1.807, 2.05) is 39.4 Å². The molecule has 2 N–H and O–H groups in total. The predicted octanol–water partition coefficient (Wildman–Crippen LogP) is 8.02. The number of rotatable bonds is 8. The van der Waals surface area contributed by atoms with Crippen LogP contribution in [0.3, 0.4) is 0 Å². The molecule has 0 saturated carbocycles. The smallest absolute Gasteiger partial charge is 0.255 e. The van der Waals surface area contributed by atoms with E-state index in [4.69, 9.17) is 0 Å². The van der Waals surface area contributed by atoms with Crippen LogP contribution < -0.4 is 5.32 Å². The molecule has 2 aromatic rings. The first-order valence-electron chi connectivity index (χ1n) is 11.8. The monoisotopic (exact) mass is 478 g/mol. The van der Waals surface area contributed by atoms with Crippen molar-refractivity contribution in [2.24, 2.45) is 4.99 Å². The number of nitrogens with one attached hydrogen (secondary N) is 2. The van der Waals surface area contributed by atoms with Crippen LogP contribution in [-0.4, -0.2) is 28.6 Å². The highest BCUT2D eigenvalue weighted by Crippen LogP contribution is 2.31. The molecule has 0 amide bonds. The van der Waals surface area contributed by atoms with Gasteiger partial charge < -0.3 is 10.3 Å². The second kappa shape index (κ2) is 14.0. The van der Waals surface area contributed by atoms with Crippen LogP contribution in [0.5, 0.6) is 0 Å². The van der Waals surface area contributed by atoms with Crippen molar-refractivity contribution in [2.45, 2.75) is 53.9 Å². The normalized spacial score (nSPS) is 14.4. The van der Waals surface area contributed by atoms with Crippen molar-refractivity contribution in [1.82, 2.24) is 15.3 Å². The lowest BCUT2D eigenvalue weighted by Crippen LogP contribution is -2.13. The van der Waals surface area contributed by atoms with Gasteiger partial charge in [-0.1, -0.05) is 42.0 Å².